The molecule has 2 unspecified atom stereocenters. The van der Waals surface area contributed by atoms with Crippen LogP contribution >= 0.6 is 0 Å². The lowest BCUT2D eigenvalue weighted by Crippen LogP contribution is -2.47. The third-order valence-electron chi connectivity index (χ3n) is 2.99. The molecule has 2 N–H and O–H groups in total. The van der Waals surface area contributed by atoms with Crippen LogP contribution in [0.15, 0.2) is 0 Å². The zero-order valence-corrected chi connectivity index (χ0v) is 9.41. The van der Waals surface area contributed by atoms with Crippen molar-refractivity contribution in [2.45, 2.75) is 51.1 Å². The summed E-state index contributed by atoms with van der Waals surface area (Å²) in [6.45, 7) is 2.92. The fourth-order valence-corrected chi connectivity index (χ4v) is 2.03. The quantitative estimate of drug-likeness (QED) is 0.691. The van der Waals surface area contributed by atoms with Gasteiger partial charge in [0.1, 0.15) is 0 Å². The molecule has 0 saturated carbocycles. The van der Waals surface area contributed by atoms with Crippen molar-refractivity contribution in [3.05, 3.63) is 0 Å². The number of rotatable bonds is 2. The molecule has 0 spiro atoms. The number of hydrogen-bond acceptors (Lipinski definition) is 2. The summed E-state index contributed by atoms with van der Waals surface area (Å²) >= 11 is 0. The van der Waals surface area contributed by atoms with Crippen LogP contribution in [0.3, 0.4) is 0 Å². The summed E-state index contributed by atoms with van der Waals surface area (Å²) in [6.07, 6.45) is 10.1. The Hall–Kier alpha value is -1.01. The van der Waals surface area contributed by atoms with Gasteiger partial charge in [-0.25, -0.2) is 0 Å². The fourth-order valence-electron chi connectivity index (χ4n) is 2.03. The molecule has 1 fully saturated rings. The Bertz CT molecular complexity index is 257. The second-order valence-electron chi connectivity index (χ2n) is 4.24. The van der Waals surface area contributed by atoms with E-state index in [1.165, 1.54) is 12.8 Å². The molecule has 15 heavy (non-hydrogen) atoms. The van der Waals surface area contributed by atoms with Crippen molar-refractivity contribution in [3.63, 3.8) is 0 Å². The molecule has 0 bridgehead atoms. The molecule has 3 nitrogen and oxygen atoms in total. The molecular formula is C12H20N2O. The zero-order chi connectivity index (χ0) is 11.3. The number of terminal acetylenes is 1. The first-order chi connectivity index (χ1) is 7.16. The molecule has 0 aromatic heterocycles. The van der Waals surface area contributed by atoms with Gasteiger partial charge in [0.15, 0.2) is 0 Å². The molecule has 1 saturated heterocycles. The molecule has 1 aliphatic rings. The highest BCUT2D eigenvalue weighted by molar-refractivity contribution is 5.82. The molecule has 0 aromatic rings. The number of carbonyl (C=O) groups excluding carboxylic acids is 1. The Morgan fingerprint density at radius 1 is 1.60 bits per heavy atom. The molecule has 0 aromatic carbocycles. The van der Waals surface area contributed by atoms with Crippen molar-refractivity contribution >= 4 is 5.91 Å². The average Bonchev–Trinajstić information content (AvgIpc) is 2.42. The minimum absolute atomic E-state index is 0.0161. The van der Waals surface area contributed by atoms with Crippen LogP contribution in [0.2, 0.25) is 0 Å². The third kappa shape index (κ3) is 3.24. The number of nitrogens with zero attached hydrogens (tertiary/aromatic N) is 1. The van der Waals surface area contributed by atoms with Gasteiger partial charge in [-0.05, 0) is 19.8 Å². The highest BCUT2D eigenvalue weighted by Gasteiger charge is 2.25. The summed E-state index contributed by atoms with van der Waals surface area (Å²) in [7, 11) is 0. The van der Waals surface area contributed by atoms with E-state index in [0.717, 1.165) is 19.4 Å². The van der Waals surface area contributed by atoms with Gasteiger partial charge in [-0.3, -0.25) is 4.79 Å². The van der Waals surface area contributed by atoms with Crippen LogP contribution in [-0.4, -0.2) is 29.4 Å². The Kier molecular flexibility index (Phi) is 4.64. The van der Waals surface area contributed by atoms with Crippen molar-refractivity contribution in [1.82, 2.24) is 4.90 Å². The van der Waals surface area contributed by atoms with E-state index in [4.69, 9.17) is 12.2 Å². The Morgan fingerprint density at radius 2 is 2.33 bits per heavy atom. The third-order valence-corrected chi connectivity index (χ3v) is 2.99. The molecule has 0 radical (unpaired) electrons. The molecular weight excluding hydrogens is 188 g/mol. The average molecular weight is 208 g/mol. The first-order valence-electron chi connectivity index (χ1n) is 5.66. The summed E-state index contributed by atoms with van der Waals surface area (Å²) < 4.78 is 0. The molecule has 2 atom stereocenters. The maximum atomic E-state index is 12.0. The summed E-state index contributed by atoms with van der Waals surface area (Å²) in [5.74, 6) is 2.46. The lowest BCUT2D eigenvalue weighted by molar-refractivity contribution is -0.134. The van der Waals surface area contributed by atoms with Crippen LogP contribution in [0.25, 0.3) is 0 Å². The van der Waals surface area contributed by atoms with E-state index in [9.17, 15) is 4.79 Å². The minimum Gasteiger partial charge on any atom is -0.339 e. The lowest BCUT2D eigenvalue weighted by Gasteiger charge is -2.29. The fraction of sp³-hybridized carbons (Fsp3) is 0.750. The van der Waals surface area contributed by atoms with Crippen LogP contribution in [0, 0.1) is 12.3 Å². The van der Waals surface area contributed by atoms with E-state index in [1.807, 2.05) is 4.90 Å². The van der Waals surface area contributed by atoms with Crippen LogP contribution in [0.4, 0.5) is 0 Å². The van der Waals surface area contributed by atoms with Gasteiger partial charge in [0.2, 0.25) is 5.91 Å². The molecule has 3 heteroatoms. The van der Waals surface area contributed by atoms with Crippen molar-refractivity contribution in [3.8, 4) is 12.3 Å². The summed E-state index contributed by atoms with van der Waals surface area (Å²) in [4.78, 5) is 13.9. The largest absolute Gasteiger partial charge is 0.339 e. The lowest BCUT2D eigenvalue weighted by atomic mass is 10.1. The maximum absolute atomic E-state index is 12.0. The van der Waals surface area contributed by atoms with Gasteiger partial charge in [-0.1, -0.05) is 12.8 Å². The number of likely N-dealkylation sites (tertiary alicyclic amines) is 1. The predicted octanol–water partition coefficient (Wildman–Crippen LogP) is 1.13. The second-order valence-corrected chi connectivity index (χ2v) is 4.24. The van der Waals surface area contributed by atoms with Gasteiger partial charge in [-0.15, -0.1) is 12.3 Å². The van der Waals surface area contributed by atoms with Gasteiger partial charge in [0, 0.05) is 19.0 Å². The number of carbonyl (C=O) groups is 1. The second kappa shape index (κ2) is 5.77. The van der Waals surface area contributed by atoms with Gasteiger partial charge in [0.25, 0.3) is 0 Å². The van der Waals surface area contributed by atoms with Crippen LogP contribution in [-0.2, 0) is 4.79 Å². The van der Waals surface area contributed by atoms with Crippen LogP contribution in [0.5, 0.6) is 0 Å². The van der Waals surface area contributed by atoms with E-state index in [1.54, 1.807) is 0 Å². The van der Waals surface area contributed by atoms with Crippen LogP contribution < -0.4 is 5.73 Å². The minimum atomic E-state index is -0.518. The first-order valence-corrected chi connectivity index (χ1v) is 5.66. The molecule has 1 aliphatic heterocycles. The van der Waals surface area contributed by atoms with Gasteiger partial charge < -0.3 is 10.6 Å². The number of hydrogen-bond donors (Lipinski definition) is 1. The molecule has 1 amide bonds. The molecule has 1 rings (SSSR count). The molecule has 84 valence electrons. The maximum Gasteiger partial charge on any atom is 0.240 e. The monoisotopic (exact) mass is 208 g/mol. The van der Waals surface area contributed by atoms with E-state index >= 15 is 0 Å². The van der Waals surface area contributed by atoms with Gasteiger partial charge in [-0.2, -0.15) is 0 Å². The van der Waals surface area contributed by atoms with E-state index in [2.05, 4.69) is 12.8 Å². The number of amides is 1. The van der Waals surface area contributed by atoms with Crippen LogP contribution in [0.1, 0.15) is 39.0 Å². The van der Waals surface area contributed by atoms with E-state index in [0.29, 0.717) is 12.5 Å². The summed E-state index contributed by atoms with van der Waals surface area (Å²) in [6, 6.07) is -0.209. The highest BCUT2D eigenvalue weighted by atomic mass is 16.2. The van der Waals surface area contributed by atoms with E-state index < -0.39 is 6.04 Å². The van der Waals surface area contributed by atoms with Crippen molar-refractivity contribution < 1.29 is 4.79 Å². The topological polar surface area (TPSA) is 46.3 Å². The zero-order valence-electron chi connectivity index (χ0n) is 9.41. The smallest absolute Gasteiger partial charge is 0.240 e. The first kappa shape index (κ1) is 12.1. The summed E-state index contributed by atoms with van der Waals surface area (Å²) in [5, 5.41) is 0. The Labute approximate surface area is 92.0 Å². The standard InChI is InChI=1S/C12H20N2O/c1-3-7-11(13)12(15)14-9-6-4-5-8-10(14)2/h1,10-11H,4-9,13H2,2H3. The Balaban J connectivity index is 2.59. The van der Waals surface area contributed by atoms with Crippen molar-refractivity contribution in [2.24, 2.45) is 5.73 Å². The predicted molar refractivity (Wildman–Crippen MR) is 61.1 cm³/mol. The SMILES string of the molecule is C#CCC(N)C(=O)N1CCCCCC1C. The Morgan fingerprint density at radius 3 is 3.00 bits per heavy atom. The van der Waals surface area contributed by atoms with Crippen molar-refractivity contribution in [2.75, 3.05) is 6.54 Å². The highest BCUT2D eigenvalue weighted by Crippen LogP contribution is 2.17. The van der Waals surface area contributed by atoms with Gasteiger partial charge in [0.05, 0.1) is 6.04 Å². The van der Waals surface area contributed by atoms with Crippen molar-refractivity contribution in [1.29, 1.82) is 0 Å². The molecule has 1 heterocycles. The van der Waals surface area contributed by atoms with E-state index in [-0.39, 0.29) is 5.91 Å². The number of nitrogens with two attached hydrogens (primary N) is 1. The molecule has 0 aliphatic carbocycles. The van der Waals surface area contributed by atoms with Gasteiger partial charge >= 0.3 is 0 Å². The normalized spacial score (nSPS) is 24.1. The summed E-state index contributed by atoms with van der Waals surface area (Å²) in [5.41, 5.74) is 5.74.